The fourth-order valence-corrected chi connectivity index (χ4v) is 3.31. The van der Waals surface area contributed by atoms with Gasteiger partial charge in [-0.25, -0.2) is 0 Å². The molecule has 0 aromatic heterocycles. The summed E-state index contributed by atoms with van der Waals surface area (Å²) in [6, 6.07) is 3.81. The van der Waals surface area contributed by atoms with Crippen LogP contribution in [0.3, 0.4) is 0 Å². The second kappa shape index (κ2) is 9.66. The van der Waals surface area contributed by atoms with Gasteiger partial charge in [0.15, 0.2) is 0 Å². The zero-order valence-electron chi connectivity index (χ0n) is 15.7. The van der Waals surface area contributed by atoms with Crippen LogP contribution in [0.4, 0.5) is 0 Å². The number of hydrogen-bond acceptors (Lipinski definition) is 6. The Morgan fingerprint density at radius 1 is 1.11 bits per heavy atom. The molecule has 2 heterocycles. The standard InChI is InChI=1S/C19H23N3O5.ClH/c1-20-9-3-2-4-10-27-12-5-6-13-14(11-12)19(26)22(18(13)25)15-7-8-16(23)21-17(15)24;/h5-6,11,15,20H,2-4,7-10H2,1H3,(H,21,23,24);1H. The highest BCUT2D eigenvalue weighted by molar-refractivity contribution is 6.23. The first kappa shape index (κ1) is 21.8. The van der Waals surface area contributed by atoms with Gasteiger partial charge < -0.3 is 10.1 Å². The highest BCUT2D eigenvalue weighted by atomic mass is 35.5. The summed E-state index contributed by atoms with van der Waals surface area (Å²) in [5, 5.41) is 5.27. The number of carbonyl (C=O) groups is 4. The Balaban J connectivity index is 0.00000280. The van der Waals surface area contributed by atoms with Crippen molar-refractivity contribution in [2.75, 3.05) is 20.2 Å². The SMILES string of the molecule is CNCCCCCOc1ccc2c(c1)C(=O)N(C1CCC(=O)NC1=O)C2=O.Cl. The van der Waals surface area contributed by atoms with Crippen LogP contribution in [-0.2, 0) is 9.59 Å². The number of unbranched alkanes of at least 4 members (excludes halogenated alkanes) is 2. The van der Waals surface area contributed by atoms with E-state index in [1.807, 2.05) is 7.05 Å². The van der Waals surface area contributed by atoms with Crippen LogP contribution in [0, 0.1) is 0 Å². The van der Waals surface area contributed by atoms with Crippen LogP contribution in [0.15, 0.2) is 18.2 Å². The van der Waals surface area contributed by atoms with E-state index in [0.717, 1.165) is 30.7 Å². The average Bonchev–Trinajstić information content (AvgIpc) is 2.89. The van der Waals surface area contributed by atoms with Crippen LogP contribution in [0.5, 0.6) is 5.75 Å². The fourth-order valence-electron chi connectivity index (χ4n) is 3.31. The number of ether oxygens (including phenoxy) is 1. The van der Waals surface area contributed by atoms with Gasteiger partial charge in [0.25, 0.3) is 11.8 Å². The van der Waals surface area contributed by atoms with Crippen molar-refractivity contribution >= 4 is 36.0 Å². The molecular formula is C19H24ClN3O5. The first-order chi connectivity index (χ1) is 13.0. The summed E-state index contributed by atoms with van der Waals surface area (Å²) in [5.74, 6) is -1.52. The van der Waals surface area contributed by atoms with Gasteiger partial charge in [-0.2, -0.15) is 0 Å². The van der Waals surface area contributed by atoms with Crippen molar-refractivity contribution in [1.29, 1.82) is 0 Å². The largest absolute Gasteiger partial charge is 0.494 e. The second-order valence-corrected chi connectivity index (χ2v) is 6.67. The lowest BCUT2D eigenvalue weighted by Gasteiger charge is -2.27. The fraction of sp³-hybridized carbons (Fsp3) is 0.474. The highest BCUT2D eigenvalue weighted by Gasteiger charge is 2.44. The average molecular weight is 410 g/mol. The minimum absolute atomic E-state index is 0. The molecule has 4 amide bonds. The molecule has 9 heteroatoms. The maximum atomic E-state index is 12.7. The Hall–Kier alpha value is -2.45. The number of halogens is 1. The summed E-state index contributed by atoms with van der Waals surface area (Å²) < 4.78 is 5.68. The summed E-state index contributed by atoms with van der Waals surface area (Å²) in [6.07, 6.45) is 3.25. The van der Waals surface area contributed by atoms with E-state index in [1.54, 1.807) is 18.2 Å². The summed E-state index contributed by atoms with van der Waals surface area (Å²) >= 11 is 0. The smallest absolute Gasteiger partial charge is 0.262 e. The van der Waals surface area contributed by atoms with E-state index in [9.17, 15) is 19.2 Å². The number of nitrogens with zero attached hydrogens (tertiary/aromatic N) is 1. The van der Waals surface area contributed by atoms with Crippen molar-refractivity contribution in [3.05, 3.63) is 29.3 Å². The van der Waals surface area contributed by atoms with E-state index < -0.39 is 29.7 Å². The normalized spacial score (nSPS) is 18.6. The van der Waals surface area contributed by atoms with Gasteiger partial charge in [-0.05, 0) is 57.5 Å². The minimum Gasteiger partial charge on any atom is -0.494 e. The van der Waals surface area contributed by atoms with E-state index in [0.29, 0.717) is 12.4 Å². The zero-order chi connectivity index (χ0) is 19.4. The van der Waals surface area contributed by atoms with Gasteiger partial charge in [-0.15, -0.1) is 12.4 Å². The van der Waals surface area contributed by atoms with Crippen LogP contribution in [-0.4, -0.2) is 54.8 Å². The Bertz CT molecular complexity index is 783. The maximum Gasteiger partial charge on any atom is 0.262 e. The monoisotopic (exact) mass is 409 g/mol. The third-order valence-electron chi connectivity index (χ3n) is 4.75. The van der Waals surface area contributed by atoms with Crippen molar-refractivity contribution < 1.29 is 23.9 Å². The van der Waals surface area contributed by atoms with Crippen LogP contribution >= 0.6 is 12.4 Å². The summed E-state index contributed by atoms with van der Waals surface area (Å²) in [6.45, 7) is 1.49. The van der Waals surface area contributed by atoms with E-state index >= 15 is 0 Å². The second-order valence-electron chi connectivity index (χ2n) is 6.67. The Morgan fingerprint density at radius 2 is 1.86 bits per heavy atom. The first-order valence-corrected chi connectivity index (χ1v) is 9.16. The van der Waals surface area contributed by atoms with Crippen molar-refractivity contribution in [3.63, 3.8) is 0 Å². The molecule has 28 heavy (non-hydrogen) atoms. The molecule has 1 fully saturated rings. The van der Waals surface area contributed by atoms with Gasteiger partial charge in [0.05, 0.1) is 17.7 Å². The molecule has 152 valence electrons. The van der Waals surface area contributed by atoms with Crippen LogP contribution in [0.1, 0.15) is 52.8 Å². The van der Waals surface area contributed by atoms with Gasteiger partial charge in [0, 0.05) is 6.42 Å². The van der Waals surface area contributed by atoms with Gasteiger partial charge in [-0.1, -0.05) is 0 Å². The lowest BCUT2D eigenvalue weighted by atomic mass is 10.0. The summed E-state index contributed by atoms with van der Waals surface area (Å²) in [7, 11) is 1.91. The van der Waals surface area contributed by atoms with Gasteiger partial charge in [0.2, 0.25) is 11.8 Å². The molecule has 2 N–H and O–H groups in total. The van der Waals surface area contributed by atoms with E-state index in [2.05, 4.69) is 10.6 Å². The van der Waals surface area contributed by atoms with E-state index in [-0.39, 0.29) is 36.4 Å². The maximum absolute atomic E-state index is 12.7. The number of benzene rings is 1. The number of piperidine rings is 1. The molecule has 1 atom stereocenters. The molecule has 2 aliphatic heterocycles. The van der Waals surface area contributed by atoms with Crippen molar-refractivity contribution in [3.8, 4) is 5.75 Å². The Labute approximate surface area is 169 Å². The number of hydrogen-bond donors (Lipinski definition) is 2. The number of amides is 4. The minimum atomic E-state index is -0.952. The third kappa shape index (κ3) is 4.51. The molecule has 0 saturated carbocycles. The molecule has 2 aliphatic rings. The molecule has 1 unspecified atom stereocenters. The first-order valence-electron chi connectivity index (χ1n) is 9.16. The molecular weight excluding hydrogens is 386 g/mol. The van der Waals surface area contributed by atoms with Crippen LogP contribution in [0.2, 0.25) is 0 Å². The molecule has 0 radical (unpaired) electrons. The highest BCUT2D eigenvalue weighted by Crippen LogP contribution is 2.30. The lowest BCUT2D eigenvalue weighted by molar-refractivity contribution is -0.136. The predicted molar refractivity (Wildman–Crippen MR) is 104 cm³/mol. The van der Waals surface area contributed by atoms with Crippen LogP contribution < -0.4 is 15.4 Å². The number of rotatable bonds is 8. The Kier molecular flexibility index (Phi) is 7.53. The number of imide groups is 2. The van der Waals surface area contributed by atoms with Crippen molar-refractivity contribution in [2.24, 2.45) is 0 Å². The molecule has 1 aromatic rings. The van der Waals surface area contributed by atoms with Crippen molar-refractivity contribution in [2.45, 2.75) is 38.1 Å². The molecule has 8 nitrogen and oxygen atoms in total. The molecule has 1 aromatic carbocycles. The van der Waals surface area contributed by atoms with Gasteiger partial charge >= 0.3 is 0 Å². The quantitative estimate of drug-likeness (QED) is 0.495. The number of carbonyl (C=O) groups excluding carboxylic acids is 4. The lowest BCUT2D eigenvalue weighted by Crippen LogP contribution is -2.54. The molecule has 0 aliphatic carbocycles. The number of fused-ring (bicyclic) bond motifs is 1. The Morgan fingerprint density at radius 3 is 2.57 bits per heavy atom. The summed E-state index contributed by atoms with van der Waals surface area (Å²) in [5.41, 5.74) is 0.489. The number of nitrogens with one attached hydrogen (secondary N) is 2. The molecule has 3 rings (SSSR count). The molecule has 1 saturated heterocycles. The topological polar surface area (TPSA) is 105 Å². The van der Waals surface area contributed by atoms with E-state index in [4.69, 9.17) is 4.74 Å². The third-order valence-corrected chi connectivity index (χ3v) is 4.75. The van der Waals surface area contributed by atoms with Gasteiger partial charge in [-0.3, -0.25) is 29.4 Å². The van der Waals surface area contributed by atoms with E-state index in [1.165, 1.54) is 0 Å². The molecule has 0 spiro atoms. The zero-order valence-corrected chi connectivity index (χ0v) is 16.5. The van der Waals surface area contributed by atoms with Gasteiger partial charge in [0.1, 0.15) is 11.8 Å². The van der Waals surface area contributed by atoms with Crippen LogP contribution in [0.25, 0.3) is 0 Å². The van der Waals surface area contributed by atoms with Crippen molar-refractivity contribution in [1.82, 2.24) is 15.5 Å². The summed E-state index contributed by atoms with van der Waals surface area (Å²) in [4.78, 5) is 49.6. The molecule has 0 bridgehead atoms. The predicted octanol–water partition coefficient (Wildman–Crippen LogP) is 1.28.